The normalized spacial score (nSPS) is 24.0. The summed E-state index contributed by atoms with van der Waals surface area (Å²) in [7, 11) is 0. The lowest BCUT2D eigenvalue weighted by molar-refractivity contribution is -0.258. The first-order valence-corrected chi connectivity index (χ1v) is 11.9. The monoisotopic (exact) mass is 506 g/mol. The van der Waals surface area contributed by atoms with Crippen LogP contribution in [-0.4, -0.2) is 56.8 Å². The van der Waals surface area contributed by atoms with Crippen LogP contribution in [0.1, 0.15) is 67.1 Å². The summed E-state index contributed by atoms with van der Waals surface area (Å²) >= 11 is 0. The van der Waals surface area contributed by atoms with E-state index in [4.69, 9.17) is 10.5 Å². The molecule has 1 heterocycles. The Morgan fingerprint density at radius 3 is 2.22 bits per heavy atom. The van der Waals surface area contributed by atoms with Crippen molar-refractivity contribution in [2.24, 2.45) is 5.73 Å². The van der Waals surface area contributed by atoms with Gasteiger partial charge in [-0.05, 0) is 63.1 Å². The summed E-state index contributed by atoms with van der Waals surface area (Å²) in [5, 5.41) is 9.92. The fourth-order valence-corrected chi connectivity index (χ4v) is 4.92. The number of nitrogens with two attached hydrogens (primary N) is 1. The van der Waals surface area contributed by atoms with Crippen molar-refractivity contribution >= 4 is 12.0 Å². The molecular formula is C25H29F3N4O4. The summed E-state index contributed by atoms with van der Waals surface area (Å²) < 4.78 is 44.7. The number of primary amides is 1. The van der Waals surface area contributed by atoms with Gasteiger partial charge in [0, 0.05) is 41.7 Å². The average molecular weight is 507 g/mol. The van der Waals surface area contributed by atoms with Gasteiger partial charge in [0.05, 0.1) is 5.69 Å². The molecular weight excluding hydrogens is 477 g/mol. The van der Waals surface area contributed by atoms with Crippen LogP contribution in [0.3, 0.4) is 0 Å². The fraction of sp³-hybridized carbons (Fsp3) is 0.520. The van der Waals surface area contributed by atoms with Gasteiger partial charge in [0.25, 0.3) is 5.91 Å². The van der Waals surface area contributed by atoms with Crippen LogP contribution in [0.5, 0.6) is 0 Å². The Labute approximate surface area is 206 Å². The molecule has 1 aromatic heterocycles. The van der Waals surface area contributed by atoms with Crippen molar-refractivity contribution in [2.45, 2.75) is 74.7 Å². The third-order valence-electron chi connectivity index (χ3n) is 7.32. The number of ether oxygens (including phenoxy) is 1. The summed E-state index contributed by atoms with van der Waals surface area (Å²) in [6.45, 7) is 0.749. The molecule has 2 aliphatic rings. The summed E-state index contributed by atoms with van der Waals surface area (Å²) in [5.41, 5.74) is 2.27. The zero-order chi connectivity index (χ0) is 26.1. The van der Waals surface area contributed by atoms with E-state index in [0.29, 0.717) is 38.3 Å². The number of amides is 2. The Morgan fingerprint density at radius 2 is 1.72 bits per heavy atom. The highest BCUT2D eigenvalue weighted by Crippen LogP contribution is 2.43. The van der Waals surface area contributed by atoms with Crippen LogP contribution in [0.4, 0.5) is 18.0 Å². The molecule has 1 aromatic carbocycles. The first-order valence-electron chi connectivity index (χ1n) is 11.9. The third-order valence-corrected chi connectivity index (χ3v) is 7.32. The average Bonchev–Trinajstić information content (AvgIpc) is 3.69. The van der Waals surface area contributed by atoms with E-state index in [2.05, 4.69) is 9.97 Å². The van der Waals surface area contributed by atoms with Crippen molar-refractivity contribution in [2.75, 3.05) is 6.61 Å². The SMILES string of the molecule is C[C@](O)(c1ccc(C(=O)N(C2CC2)[C@H]2CC[C@@](COC(N)=O)(c3cnccn3)CC2)cc1)C(F)(F)F. The van der Waals surface area contributed by atoms with Crippen LogP contribution in [0.2, 0.25) is 0 Å². The van der Waals surface area contributed by atoms with E-state index in [1.54, 1.807) is 18.6 Å². The fourth-order valence-electron chi connectivity index (χ4n) is 4.92. The minimum atomic E-state index is -4.84. The van der Waals surface area contributed by atoms with E-state index in [1.807, 2.05) is 4.90 Å². The van der Waals surface area contributed by atoms with E-state index in [-0.39, 0.29) is 35.7 Å². The van der Waals surface area contributed by atoms with E-state index >= 15 is 0 Å². The van der Waals surface area contributed by atoms with Gasteiger partial charge in [0.1, 0.15) is 6.61 Å². The van der Waals surface area contributed by atoms with Crippen molar-refractivity contribution in [1.82, 2.24) is 14.9 Å². The van der Waals surface area contributed by atoms with Gasteiger partial charge in [-0.25, -0.2) is 4.79 Å². The predicted molar refractivity (Wildman–Crippen MR) is 123 cm³/mol. The van der Waals surface area contributed by atoms with Crippen LogP contribution in [0.15, 0.2) is 42.9 Å². The quantitative estimate of drug-likeness (QED) is 0.589. The summed E-state index contributed by atoms with van der Waals surface area (Å²) in [5.74, 6) is -0.249. The second kappa shape index (κ2) is 9.68. The predicted octanol–water partition coefficient (Wildman–Crippen LogP) is 3.83. The Morgan fingerprint density at radius 1 is 1.11 bits per heavy atom. The van der Waals surface area contributed by atoms with Crippen LogP contribution >= 0.6 is 0 Å². The van der Waals surface area contributed by atoms with Crippen molar-refractivity contribution in [1.29, 1.82) is 0 Å². The van der Waals surface area contributed by atoms with Gasteiger partial charge in [-0.1, -0.05) is 12.1 Å². The molecule has 2 saturated carbocycles. The van der Waals surface area contributed by atoms with E-state index in [0.717, 1.165) is 25.0 Å². The standard InChI is InChI=1S/C25H29F3N4O4/c1-23(35,25(26,27)28)17-4-2-16(3-5-17)21(33)32(18-6-7-18)19-8-10-24(11-9-19,15-36-22(29)34)20-14-30-12-13-31-20/h2-5,12-14,18-19,35H,6-11,15H2,1H3,(H2,29,34)/t19-,23-,24+/m0/s1. The number of hydrogen-bond donors (Lipinski definition) is 2. The number of carbonyl (C=O) groups is 2. The summed E-state index contributed by atoms with van der Waals surface area (Å²) in [4.78, 5) is 35.2. The molecule has 0 spiro atoms. The minimum Gasteiger partial charge on any atom is -0.449 e. The Hall–Kier alpha value is -3.21. The molecule has 2 amide bonds. The molecule has 2 aliphatic carbocycles. The zero-order valence-corrected chi connectivity index (χ0v) is 19.9. The number of nitrogens with zero attached hydrogens (tertiary/aromatic N) is 3. The van der Waals surface area contributed by atoms with Gasteiger partial charge >= 0.3 is 12.3 Å². The van der Waals surface area contributed by atoms with Gasteiger partial charge in [0.2, 0.25) is 0 Å². The number of rotatable bonds is 7. The minimum absolute atomic E-state index is 0.0612. The molecule has 0 unspecified atom stereocenters. The van der Waals surface area contributed by atoms with Gasteiger partial charge < -0.3 is 20.5 Å². The summed E-state index contributed by atoms with van der Waals surface area (Å²) in [6.07, 6.45) is 3.23. The van der Waals surface area contributed by atoms with E-state index in [1.165, 1.54) is 12.1 Å². The molecule has 36 heavy (non-hydrogen) atoms. The van der Waals surface area contributed by atoms with Gasteiger partial charge in [0.15, 0.2) is 5.60 Å². The van der Waals surface area contributed by atoms with Crippen LogP contribution in [-0.2, 0) is 15.8 Å². The Bertz CT molecular complexity index is 1080. The van der Waals surface area contributed by atoms with Gasteiger partial charge in [-0.3, -0.25) is 14.8 Å². The molecule has 1 atom stereocenters. The smallest absolute Gasteiger partial charge is 0.421 e. The first kappa shape index (κ1) is 25.9. The lowest BCUT2D eigenvalue weighted by atomic mass is 9.70. The topological polar surface area (TPSA) is 119 Å². The van der Waals surface area contributed by atoms with Crippen LogP contribution in [0, 0.1) is 0 Å². The van der Waals surface area contributed by atoms with E-state index in [9.17, 15) is 27.9 Å². The molecule has 0 bridgehead atoms. The molecule has 11 heteroatoms. The maximum absolute atomic E-state index is 13.5. The lowest BCUT2D eigenvalue weighted by Gasteiger charge is -2.43. The number of halogens is 3. The van der Waals surface area contributed by atoms with Crippen molar-refractivity contribution in [3.8, 4) is 0 Å². The maximum atomic E-state index is 13.5. The zero-order valence-electron chi connectivity index (χ0n) is 19.9. The van der Waals surface area contributed by atoms with Crippen molar-refractivity contribution in [3.63, 3.8) is 0 Å². The van der Waals surface area contributed by atoms with Gasteiger partial charge in [-0.2, -0.15) is 13.2 Å². The van der Waals surface area contributed by atoms with E-state index < -0.39 is 23.3 Å². The molecule has 2 aromatic rings. The number of benzene rings is 1. The van der Waals surface area contributed by atoms with Gasteiger partial charge in [-0.15, -0.1) is 0 Å². The second-order valence-corrected chi connectivity index (χ2v) is 9.80. The van der Waals surface area contributed by atoms with Crippen molar-refractivity contribution in [3.05, 3.63) is 59.7 Å². The largest absolute Gasteiger partial charge is 0.449 e. The Kier molecular flexibility index (Phi) is 6.96. The van der Waals surface area contributed by atoms with Crippen molar-refractivity contribution < 1.29 is 32.6 Å². The molecule has 0 radical (unpaired) electrons. The molecule has 0 aliphatic heterocycles. The molecule has 194 valence electrons. The highest BCUT2D eigenvalue weighted by atomic mass is 19.4. The molecule has 8 nitrogen and oxygen atoms in total. The number of carbonyl (C=O) groups excluding carboxylic acids is 2. The second-order valence-electron chi connectivity index (χ2n) is 9.80. The molecule has 2 fully saturated rings. The molecule has 3 N–H and O–H groups in total. The number of hydrogen-bond acceptors (Lipinski definition) is 6. The highest BCUT2D eigenvalue weighted by Gasteiger charge is 2.51. The number of aromatic nitrogens is 2. The van der Waals surface area contributed by atoms with Crippen LogP contribution < -0.4 is 5.73 Å². The number of aliphatic hydroxyl groups is 1. The molecule has 4 rings (SSSR count). The summed E-state index contributed by atoms with van der Waals surface area (Å²) in [6, 6.07) is 4.95. The Balaban J connectivity index is 1.51. The maximum Gasteiger partial charge on any atom is 0.421 e. The molecule has 0 saturated heterocycles. The number of alkyl halides is 3. The highest BCUT2D eigenvalue weighted by molar-refractivity contribution is 5.95. The first-order chi connectivity index (χ1) is 16.9. The lowest BCUT2D eigenvalue weighted by Crippen LogP contribution is -2.48. The third kappa shape index (κ3) is 5.16. The van der Waals surface area contributed by atoms with Crippen LogP contribution in [0.25, 0.3) is 0 Å².